The Hall–Kier alpha value is -3.82. The number of nitrogens with zero attached hydrogens (tertiary/aromatic N) is 6. The molecule has 0 spiro atoms. The van der Waals surface area contributed by atoms with Gasteiger partial charge in [0.15, 0.2) is 5.82 Å². The Morgan fingerprint density at radius 3 is 2.66 bits per heavy atom. The second kappa shape index (κ2) is 8.75. The molecule has 178 valence electrons. The fraction of sp³-hybridized carbons (Fsp3) is 0.308. The Morgan fingerprint density at radius 1 is 1.00 bits per heavy atom. The third-order valence-electron chi connectivity index (χ3n) is 6.59. The Bertz CT molecular complexity index is 1500. The number of hydrogen-bond acceptors (Lipinski definition) is 7. The van der Waals surface area contributed by atoms with E-state index in [1.54, 1.807) is 6.20 Å². The first-order chi connectivity index (χ1) is 17.0. The largest absolute Gasteiger partial charge is 0.393 e. The zero-order chi connectivity index (χ0) is 23.9. The van der Waals surface area contributed by atoms with E-state index >= 15 is 0 Å². The number of rotatable bonds is 5. The third-order valence-corrected chi connectivity index (χ3v) is 6.59. The number of pyridine rings is 2. The number of aliphatic hydroxyl groups excluding tert-OH is 1. The number of piperidine rings is 1. The summed E-state index contributed by atoms with van der Waals surface area (Å²) in [6.07, 6.45) is 8.76. The molecule has 0 bridgehead atoms. The highest BCUT2D eigenvalue weighted by atomic mass is 16.3. The normalized spacial score (nSPS) is 15.0. The number of anilines is 1. The maximum absolute atomic E-state index is 9.89. The minimum atomic E-state index is -0.225. The smallest absolute Gasteiger partial charge is 0.159 e. The fourth-order valence-corrected chi connectivity index (χ4v) is 4.84. The van der Waals surface area contributed by atoms with Crippen molar-refractivity contribution < 1.29 is 5.11 Å². The average molecular weight is 469 g/mol. The van der Waals surface area contributed by atoms with Crippen molar-refractivity contribution in [2.75, 3.05) is 32.1 Å². The van der Waals surface area contributed by atoms with Gasteiger partial charge in [0.25, 0.3) is 0 Å². The summed E-state index contributed by atoms with van der Waals surface area (Å²) in [4.78, 5) is 21.6. The second-order valence-corrected chi connectivity index (χ2v) is 9.51. The lowest BCUT2D eigenvalue weighted by Crippen LogP contribution is -2.35. The van der Waals surface area contributed by atoms with Gasteiger partial charge in [-0.2, -0.15) is 5.10 Å². The van der Waals surface area contributed by atoms with Crippen LogP contribution in [0.15, 0.2) is 49.1 Å². The summed E-state index contributed by atoms with van der Waals surface area (Å²) in [5, 5.41) is 18.6. The Morgan fingerprint density at radius 2 is 1.83 bits per heavy atom. The van der Waals surface area contributed by atoms with Gasteiger partial charge >= 0.3 is 0 Å². The predicted molar refractivity (Wildman–Crippen MR) is 137 cm³/mol. The molecule has 1 aromatic carbocycles. The lowest BCUT2D eigenvalue weighted by Gasteiger charge is -2.31. The highest BCUT2D eigenvalue weighted by Crippen LogP contribution is 2.33. The number of aromatic nitrogens is 6. The Balaban J connectivity index is 1.39. The molecule has 9 heteroatoms. The van der Waals surface area contributed by atoms with E-state index in [-0.39, 0.29) is 6.10 Å². The predicted octanol–water partition coefficient (Wildman–Crippen LogP) is 3.59. The standard InChI is InChI=1S/C26H28N8O/c1-33(2)15-16-9-18(12-27-11-16)17-3-4-21-20(10-17)24(32-31-21)26-29-22-13-28-14-23(25(22)30-26)34-7-5-19(35)6-8-34/h3-4,9-14,19,35H,5-8,15H2,1-2H3,(H,29,30)(H,31,32). The lowest BCUT2D eigenvalue weighted by atomic mass is 10.0. The van der Waals surface area contributed by atoms with E-state index in [1.807, 2.05) is 18.6 Å². The maximum Gasteiger partial charge on any atom is 0.159 e. The number of nitrogens with one attached hydrogen (secondary N) is 2. The summed E-state index contributed by atoms with van der Waals surface area (Å²) in [5.41, 5.74) is 7.78. The SMILES string of the molecule is CN(C)Cc1cncc(-c2ccc3[nH]nc(-c4nc5c(N6CCC(O)CC6)cncc5[nH]4)c3c2)c1. The van der Waals surface area contributed by atoms with Crippen LogP contribution in [-0.2, 0) is 6.54 Å². The van der Waals surface area contributed by atoms with E-state index in [2.05, 4.69) is 73.3 Å². The second-order valence-electron chi connectivity index (χ2n) is 9.51. The van der Waals surface area contributed by atoms with Crippen LogP contribution in [0.5, 0.6) is 0 Å². The molecule has 0 amide bonds. The van der Waals surface area contributed by atoms with Crippen LogP contribution in [0.1, 0.15) is 18.4 Å². The molecule has 35 heavy (non-hydrogen) atoms. The van der Waals surface area contributed by atoms with E-state index in [1.165, 1.54) is 5.56 Å². The topological polar surface area (TPSA) is 110 Å². The fourth-order valence-electron chi connectivity index (χ4n) is 4.84. The van der Waals surface area contributed by atoms with Crippen LogP contribution in [0.3, 0.4) is 0 Å². The van der Waals surface area contributed by atoms with Gasteiger partial charge in [-0.3, -0.25) is 15.1 Å². The summed E-state index contributed by atoms with van der Waals surface area (Å²) in [6, 6.07) is 8.46. The number of H-pyrrole nitrogens is 2. The summed E-state index contributed by atoms with van der Waals surface area (Å²) >= 11 is 0. The van der Waals surface area contributed by atoms with Crippen LogP contribution in [0, 0.1) is 0 Å². The lowest BCUT2D eigenvalue weighted by molar-refractivity contribution is 0.145. The first-order valence-corrected chi connectivity index (χ1v) is 11.9. The van der Waals surface area contributed by atoms with E-state index in [4.69, 9.17) is 4.98 Å². The molecule has 5 aromatic rings. The number of hydrogen-bond donors (Lipinski definition) is 3. The first kappa shape index (κ1) is 21.7. The summed E-state index contributed by atoms with van der Waals surface area (Å²) < 4.78 is 0. The van der Waals surface area contributed by atoms with Gasteiger partial charge < -0.3 is 19.9 Å². The molecular weight excluding hydrogens is 440 g/mol. The van der Waals surface area contributed by atoms with Gasteiger partial charge in [-0.05, 0) is 56.3 Å². The van der Waals surface area contributed by atoms with Gasteiger partial charge in [0.2, 0.25) is 0 Å². The quantitative estimate of drug-likeness (QED) is 0.362. The van der Waals surface area contributed by atoms with E-state index in [0.29, 0.717) is 5.82 Å². The van der Waals surface area contributed by atoms with Crippen molar-refractivity contribution in [2.24, 2.45) is 0 Å². The Labute approximate surface area is 202 Å². The average Bonchev–Trinajstić information content (AvgIpc) is 3.48. The van der Waals surface area contributed by atoms with E-state index < -0.39 is 0 Å². The molecule has 6 rings (SSSR count). The zero-order valence-corrected chi connectivity index (χ0v) is 19.9. The van der Waals surface area contributed by atoms with Crippen LogP contribution in [0.4, 0.5) is 5.69 Å². The molecule has 1 saturated heterocycles. The Kier molecular flexibility index (Phi) is 5.43. The minimum absolute atomic E-state index is 0.225. The minimum Gasteiger partial charge on any atom is -0.393 e. The van der Waals surface area contributed by atoms with Gasteiger partial charge in [0.1, 0.15) is 11.2 Å². The van der Waals surface area contributed by atoms with Crippen molar-refractivity contribution in [3.8, 4) is 22.6 Å². The molecule has 5 heterocycles. The maximum atomic E-state index is 9.89. The van der Waals surface area contributed by atoms with Gasteiger partial charge in [-0.1, -0.05) is 6.07 Å². The van der Waals surface area contributed by atoms with Crippen molar-refractivity contribution in [3.05, 3.63) is 54.6 Å². The number of aliphatic hydroxyl groups is 1. The molecule has 0 aliphatic carbocycles. The summed E-state index contributed by atoms with van der Waals surface area (Å²) in [7, 11) is 4.11. The van der Waals surface area contributed by atoms with Crippen LogP contribution in [-0.4, -0.2) is 73.4 Å². The molecule has 0 unspecified atom stereocenters. The highest BCUT2D eigenvalue weighted by Gasteiger charge is 2.22. The highest BCUT2D eigenvalue weighted by molar-refractivity contribution is 5.97. The number of benzene rings is 1. The van der Waals surface area contributed by atoms with E-state index in [9.17, 15) is 5.11 Å². The molecular formula is C26H28N8O. The molecule has 1 fully saturated rings. The van der Waals surface area contributed by atoms with Crippen molar-refractivity contribution in [2.45, 2.75) is 25.5 Å². The molecule has 0 radical (unpaired) electrons. The number of imidazole rings is 1. The summed E-state index contributed by atoms with van der Waals surface area (Å²) in [5.74, 6) is 0.703. The molecule has 4 aromatic heterocycles. The third kappa shape index (κ3) is 4.13. The molecule has 1 aliphatic rings. The van der Waals surface area contributed by atoms with Crippen molar-refractivity contribution in [1.82, 2.24) is 35.0 Å². The van der Waals surface area contributed by atoms with Gasteiger partial charge in [0, 0.05) is 43.0 Å². The monoisotopic (exact) mass is 468 g/mol. The first-order valence-electron chi connectivity index (χ1n) is 11.9. The van der Waals surface area contributed by atoms with Crippen molar-refractivity contribution in [3.63, 3.8) is 0 Å². The molecule has 1 aliphatic heterocycles. The van der Waals surface area contributed by atoms with Crippen LogP contribution in [0.25, 0.3) is 44.6 Å². The number of aromatic amines is 2. The van der Waals surface area contributed by atoms with Crippen LogP contribution < -0.4 is 4.90 Å². The van der Waals surface area contributed by atoms with Gasteiger partial charge in [-0.25, -0.2) is 4.98 Å². The summed E-state index contributed by atoms with van der Waals surface area (Å²) in [6.45, 7) is 2.42. The van der Waals surface area contributed by atoms with Crippen molar-refractivity contribution >= 4 is 27.6 Å². The van der Waals surface area contributed by atoms with E-state index in [0.717, 1.165) is 76.9 Å². The molecule has 0 atom stereocenters. The van der Waals surface area contributed by atoms with Crippen LogP contribution >= 0.6 is 0 Å². The van der Waals surface area contributed by atoms with Gasteiger partial charge in [0.05, 0.1) is 35.2 Å². The van der Waals surface area contributed by atoms with Crippen molar-refractivity contribution in [1.29, 1.82) is 0 Å². The van der Waals surface area contributed by atoms with Gasteiger partial charge in [-0.15, -0.1) is 0 Å². The molecule has 0 saturated carbocycles. The zero-order valence-electron chi connectivity index (χ0n) is 19.9. The van der Waals surface area contributed by atoms with Crippen LogP contribution in [0.2, 0.25) is 0 Å². The molecule has 9 nitrogen and oxygen atoms in total. The number of fused-ring (bicyclic) bond motifs is 2. The molecule has 3 N–H and O–H groups in total.